The maximum absolute atomic E-state index is 11.3. The standard InChI is InChI=1S/C11H16N2O2/c1-3-15-10-6-4-9(5-7-10)8-11(14)13(2)12/h4-7H,3,8,12H2,1-2H3. The molecule has 0 spiro atoms. The molecule has 1 aromatic carbocycles. The minimum atomic E-state index is -0.112. The van der Waals surface area contributed by atoms with Gasteiger partial charge >= 0.3 is 0 Å². The van der Waals surface area contributed by atoms with Gasteiger partial charge in [-0.2, -0.15) is 0 Å². The largest absolute Gasteiger partial charge is 0.494 e. The predicted octanol–water partition coefficient (Wildman–Crippen LogP) is 0.960. The quantitative estimate of drug-likeness (QED) is 0.455. The van der Waals surface area contributed by atoms with E-state index in [0.29, 0.717) is 13.0 Å². The molecule has 4 nitrogen and oxygen atoms in total. The molecule has 0 aliphatic heterocycles. The van der Waals surface area contributed by atoms with Gasteiger partial charge in [0.2, 0.25) is 5.91 Å². The van der Waals surface area contributed by atoms with Crippen molar-refractivity contribution in [1.82, 2.24) is 5.01 Å². The summed E-state index contributed by atoms with van der Waals surface area (Å²) in [6.45, 7) is 2.57. The fourth-order valence-corrected chi connectivity index (χ4v) is 1.17. The molecule has 0 aromatic heterocycles. The van der Waals surface area contributed by atoms with Gasteiger partial charge in [-0.1, -0.05) is 12.1 Å². The molecule has 2 N–H and O–H groups in total. The predicted molar refractivity (Wildman–Crippen MR) is 58.3 cm³/mol. The summed E-state index contributed by atoms with van der Waals surface area (Å²) in [5, 5.41) is 1.09. The Kier molecular flexibility index (Phi) is 4.12. The third kappa shape index (κ3) is 3.59. The molecule has 0 heterocycles. The van der Waals surface area contributed by atoms with Gasteiger partial charge in [0.1, 0.15) is 5.75 Å². The minimum Gasteiger partial charge on any atom is -0.494 e. The number of carbonyl (C=O) groups excluding carboxylic acids is 1. The van der Waals surface area contributed by atoms with Gasteiger partial charge in [0.25, 0.3) is 0 Å². The number of nitrogens with two attached hydrogens (primary N) is 1. The van der Waals surface area contributed by atoms with Crippen LogP contribution in [0.25, 0.3) is 0 Å². The van der Waals surface area contributed by atoms with Crippen LogP contribution in [-0.2, 0) is 11.2 Å². The zero-order valence-electron chi connectivity index (χ0n) is 9.06. The van der Waals surface area contributed by atoms with E-state index in [2.05, 4.69) is 0 Å². The number of ether oxygens (including phenoxy) is 1. The number of nitrogens with zero attached hydrogens (tertiary/aromatic N) is 1. The fourth-order valence-electron chi connectivity index (χ4n) is 1.17. The van der Waals surface area contributed by atoms with Gasteiger partial charge < -0.3 is 4.74 Å². The van der Waals surface area contributed by atoms with Crippen LogP contribution in [-0.4, -0.2) is 24.6 Å². The lowest BCUT2D eigenvalue weighted by Gasteiger charge is -2.10. The third-order valence-corrected chi connectivity index (χ3v) is 1.98. The van der Waals surface area contributed by atoms with Gasteiger partial charge in [-0.15, -0.1) is 0 Å². The molecule has 0 aliphatic rings. The van der Waals surface area contributed by atoms with E-state index < -0.39 is 0 Å². The summed E-state index contributed by atoms with van der Waals surface area (Å²) in [6, 6.07) is 7.43. The molecule has 82 valence electrons. The molecule has 4 heteroatoms. The van der Waals surface area contributed by atoms with Crippen LogP contribution < -0.4 is 10.6 Å². The molecular formula is C11H16N2O2. The minimum absolute atomic E-state index is 0.112. The number of benzene rings is 1. The van der Waals surface area contributed by atoms with Crippen molar-refractivity contribution in [3.05, 3.63) is 29.8 Å². The second-order valence-corrected chi connectivity index (χ2v) is 3.26. The Balaban J connectivity index is 2.60. The van der Waals surface area contributed by atoms with Crippen LogP contribution in [0.1, 0.15) is 12.5 Å². The Hall–Kier alpha value is -1.55. The highest BCUT2D eigenvalue weighted by Crippen LogP contribution is 2.12. The summed E-state index contributed by atoms with van der Waals surface area (Å²) >= 11 is 0. The summed E-state index contributed by atoms with van der Waals surface area (Å²) in [5.74, 6) is 6.02. The number of hydrazine groups is 1. The summed E-state index contributed by atoms with van der Waals surface area (Å²) in [4.78, 5) is 11.3. The molecule has 0 radical (unpaired) electrons. The second-order valence-electron chi connectivity index (χ2n) is 3.26. The topological polar surface area (TPSA) is 55.6 Å². The van der Waals surface area contributed by atoms with Crippen molar-refractivity contribution in [2.24, 2.45) is 5.84 Å². The molecule has 1 rings (SSSR count). The second kappa shape index (κ2) is 5.36. The molecule has 0 unspecified atom stereocenters. The lowest BCUT2D eigenvalue weighted by atomic mass is 10.1. The molecular weight excluding hydrogens is 192 g/mol. The highest BCUT2D eigenvalue weighted by molar-refractivity contribution is 5.77. The average Bonchev–Trinajstić information content (AvgIpc) is 2.21. The van der Waals surface area contributed by atoms with Gasteiger partial charge in [-0.3, -0.25) is 9.80 Å². The lowest BCUT2D eigenvalue weighted by Crippen LogP contribution is -2.34. The summed E-state index contributed by atoms with van der Waals surface area (Å²) in [5.41, 5.74) is 0.931. The molecule has 0 saturated carbocycles. The highest BCUT2D eigenvalue weighted by atomic mass is 16.5. The van der Waals surface area contributed by atoms with E-state index in [-0.39, 0.29) is 5.91 Å². The van der Waals surface area contributed by atoms with Crippen LogP contribution in [0.5, 0.6) is 5.75 Å². The first kappa shape index (κ1) is 11.5. The van der Waals surface area contributed by atoms with Crippen molar-refractivity contribution in [2.75, 3.05) is 13.7 Å². The van der Waals surface area contributed by atoms with Crippen molar-refractivity contribution >= 4 is 5.91 Å². The Morgan fingerprint density at radius 2 is 2.00 bits per heavy atom. The molecule has 0 saturated heterocycles. The van der Waals surface area contributed by atoms with Gasteiger partial charge in [0.15, 0.2) is 0 Å². The number of carbonyl (C=O) groups is 1. The zero-order valence-corrected chi connectivity index (χ0v) is 9.06. The average molecular weight is 208 g/mol. The summed E-state index contributed by atoms with van der Waals surface area (Å²) in [7, 11) is 1.54. The number of hydrogen-bond acceptors (Lipinski definition) is 3. The zero-order chi connectivity index (χ0) is 11.3. The Morgan fingerprint density at radius 1 is 1.40 bits per heavy atom. The molecule has 0 aliphatic carbocycles. The number of rotatable bonds is 4. The fraction of sp³-hybridized carbons (Fsp3) is 0.364. The van der Waals surface area contributed by atoms with Crippen molar-refractivity contribution < 1.29 is 9.53 Å². The van der Waals surface area contributed by atoms with Crippen LogP contribution in [0.2, 0.25) is 0 Å². The molecule has 0 atom stereocenters. The number of likely N-dealkylation sites (N-methyl/N-ethyl adjacent to an activating group) is 1. The van der Waals surface area contributed by atoms with E-state index in [1.54, 1.807) is 0 Å². The van der Waals surface area contributed by atoms with Crippen LogP contribution >= 0.6 is 0 Å². The molecule has 0 fully saturated rings. The van der Waals surface area contributed by atoms with Gasteiger partial charge in [0, 0.05) is 7.05 Å². The van der Waals surface area contributed by atoms with E-state index in [1.807, 2.05) is 31.2 Å². The number of amides is 1. The first-order valence-corrected chi connectivity index (χ1v) is 4.86. The van der Waals surface area contributed by atoms with Gasteiger partial charge in [0.05, 0.1) is 13.0 Å². The van der Waals surface area contributed by atoms with Gasteiger partial charge in [-0.05, 0) is 24.6 Å². The Labute approximate surface area is 89.6 Å². The normalized spacial score (nSPS) is 9.80. The first-order valence-electron chi connectivity index (χ1n) is 4.86. The maximum Gasteiger partial charge on any atom is 0.240 e. The van der Waals surface area contributed by atoms with E-state index >= 15 is 0 Å². The first-order chi connectivity index (χ1) is 7.13. The van der Waals surface area contributed by atoms with Crippen LogP contribution in [0, 0.1) is 0 Å². The molecule has 15 heavy (non-hydrogen) atoms. The summed E-state index contributed by atoms with van der Waals surface area (Å²) in [6.07, 6.45) is 0.319. The van der Waals surface area contributed by atoms with Gasteiger partial charge in [-0.25, -0.2) is 5.84 Å². The van der Waals surface area contributed by atoms with E-state index in [4.69, 9.17) is 10.6 Å². The van der Waals surface area contributed by atoms with E-state index in [9.17, 15) is 4.79 Å². The smallest absolute Gasteiger partial charge is 0.240 e. The van der Waals surface area contributed by atoms with E-state index in [0.717, 1.165) is 16.3 Å². The van der Waals surface area contributed by atoms with E-state index in [1.165, 1.54) is 7.05 Å². The monoisotopic (exact) mass is 208 g/mol. The lowest BCUT2D eigenvalue weighted by molar-refractivity contribution is -0.129. The number of hydrogen-bond donors (Lipinski definition) is 1. The van der Waals surface area contributed by atoms with Crippen LogP contribution in [0.3, 0.4) is 0 Å². The molecule has 1 aromatic rings. The third-order valence-electron chi connectivity index (χ3n) is 1.98. The van der Waals surface area contributed by atoms with Crippen molar-refractivity contribution in [3.63, 3.8) is 0 Å². The summed E-state index contributed by atoms with van der Waals surface area (Å²) < 4.78 is 5.29. The van der Waals surface area contributed by atoms with Crippen LogP contribution in [0.15, 0.2) is 24.3 Å². The molecule has 1 amide bonds. The Morgan fingerprint density at radius 3 is 2.47 bits per heavy atom. The highest BCUT2D eigenvalue weighted by Gasteiger charge is 2.05. The molecule has 0 bridgehead atoms. The van der Waals surface area contributed by atoms with Crippen LogP contribution in [0.4, 0.5) is 0 Å². The Bertz CT molecular complexity index is 320. The van der Waals surface area contributed by atoms with Crippen molar-refractivity contribution in [2.45, 2.75) is 13.3 Å². The van der Waals surface area contributed by atoms with Crippen molar-refractivity contribution in [3.8, 4) is 5.75 Å². The maximum atomic E-state index is 11.3. The SMILES string of the molecule is CCOc1ccc(CC(=O)N(C)N)cc1. The van der Waals surface area contributed by atoms with Crippen molar-refractivity contribution in [1.29, 1.82) is 0 Å².